The van der Waals surface area contributed by atoms with Crippen molar-refractivity contribution in [2.24, 2.45) is 0 Å². The summed E-state index contributed by atoms with van der Waals surface area (Å²) in [6.45, 7) is 3.53. The van der Waals surface area contributed by atoms with Crippen LogP contribution >= 0.6 is 10.2 Å². The number of hydrogen-bond donors (Lipinski definition) is 1. The van der Waals surface area contributed by atoms with Crippen molar-refractivity contribution in [1.29, 1.82) is 5.26 Å². The molecule has 200 valence electrons. The Labute approximate surface area is 218 Å². The Morgan fingerprint density at radius 2 is 1.77 bits per heavy atom. The molecular weight excluding hydrogens is 539 g/mol. The molecule has 2 aromatic carbocycles. The fourth-order valence-electron chi connectivity index (χ4n) is 4.19. The molecule has 0 aliphatic rings. The molecule has 0 radical (unpaired) electrons. The predicted octanol–water partition coefficient (Wildman–Crippen LogP) is 7.59. The highest BCUT2D eigenvalue weighted by Gasteiger charge is 2.65. The van der Waals surface area contributed by atoms with Crippen LogP contribution in [-0.2, 0) is 0 Å². The van der Waals surface area contributed by atoms with E-state index in [2.05, 4.69) is 15.4 Å². The van der Waals surface area contributed by atoms with Gasteiger partial charge in [0.05, 0.1) is 23.0 Å². The van der Waals surface area contributed by atoms with E-state index < -0.39 is 32.2 Å². The highest BCUT2D eigenvalue weighted by molar-refractivity contribution is 8.45. The molecule has 13 heteroatoms. The summed E-state index contributed by atoms with van der Waals surface area (Å²) in [5.41, 5.74) is 3.04. The van der Waals surface area contributed by atoms with Crippen LogP contribution in [0.2, 0.25) is 0 Å². The Hall–Kier alpha value is -4.70. The normalized spacial score (nSPS) is 13.5. The largest absolute Gasteiger partial charge is 0.322 e. The summed E-state index contributed by atoms with van der Waals surface area (Å²) in [5.74, 6) is -1.08. The molecule has 5 rings (SSSR count). The Bertz CT molecular complexity index is 1820. The minimum atomic E-state index is -10.1. The van der Waals surface area contributed by atoms with E-state index >= 15 is 0 Å². The minimum absolute atomic E-state index is 0.0379. The molecule has 3 heterocycles. The van der Waals surface area contributed by atoms with E-state index in [9.17, 15) is 24.2 Å². The zero-order chi connectivity index (χ0) is 28.2. The van der Waals surface area contributed by atoms with Crippen LogP contribution in [0.25, 0.3) is 22.6 Å². The lowest BCUT2D eigenvalue weighted by molar-refractivity contribution is 0.102. The van der Waals surface area contributed by atoms with E-state index in [0.29, 0.717) is 22.6 Å². The number of amides is 1. The molecule has 3 aromatic heterocycles. The number of nitriles is 1. The van der Waals surface area contributed by atoms with E-state index in [1.165, 1.54) is 6.07 Å². The number of benzene rings is 2. The van der Waals surface area contributed by atoms with Gasteiger partial charge in [0.15, 0.2) is 0 Å². The molecule has 39 heavy (non-hydrogen) atoms. The highest BCUT2D eigenvalue weighted by Crippen LogP contribution is 3.02. The van der Waals surface area contributed by atoms with Gasteiger partial charge in [0.1, 0.15) is 10.5 Å². The summed E-state index contributed by atoms with van der Waals surface area (Å²) in [7, 11) is -10.1. The zero-order valence-electron chi connectivity index (χ0n) is 20.4. The van der Waals surface area contributed by atoms with Gasteiger partial charge in [0, 0.05) is 47.7 Å². The summed E-state index contributed by atoms with van der Waals surface area (Å²) in [6.07, 6.45) is 6.83. The Kier molecular flexibility index (Phi) is 5.42. The van der Waals surface area contributed by atoms with Crippen molar-refractivity contribution in [3.8, 4) is 23.0 Å². The van der Waals surface area contributed by atoms with E-state index in [1.54, 1.807) is 54.4 Å². The molecule has 0 saturated heterocycles. The maximum absolute atomic E-state index is 13.4. The molecule has 0 aliphatic heterocycles. The molecule has 5 aromatic rings. The first-order valence-corrected chi connectivity index (χ1v) is 13.3. The van der Waals surface area contributed by atoms with Crippen molar-refractivity contribution in [1.82, 2.24) is 19.2 Å². The van der Waals surface area contributed by atoms with E-state index in [-0.39, 0.29) is 17.8 Å². The molecule has 0 aliphatic carbocycles. The van der Waals surface area contributed by atoms with Crippen molar-refractivity contribution in [3.05, 3.63) is 95.6 Å². The smallest absolute Gasteiger partial charge is 0.310 e. The standard InChI is InChI=1S/C26H19F5N6OS/c1-16-8-17(2)24(36-6-7-37-25(36)13-23(35-37)19-4-3-5-33-15-19)12-22(16)34-26(38)20-9-18(14-32)10-21(11-20)39(27,28,29,30)31/h3-13,15H,1-2H3,(H,34,38). The van der Waals surface area contributed by atoms with E-state index in [1.807, 2.05) is 23.6 Å². The Morgan fingerprint density at radius 1 is 1.00 bits per heavy atom. The van der Waals surface area contributed by atoms with E-state index in [4.69, 9.17) is 5.26 Å². The van der Waals surface area contributed by atoms with Gasteiger partial charge in [-0.1, -0.05) is 25.5 Å². The quantitative estimate of drug-likeness (QED) is 0.225. The molecule has 0 unspecified atom stereocenters. The Morgan fingerprint density at radius 3 is 2.44 bits per heavy atom. The number of fused-ring (bicyclic) bond motifs is 1. The number of nitrogens with one attached hydrogen (secondary N) is 1. The van der Waals surface area contributed by atoms with Gasteiger partial charge in [-0.25, -0.2) is 4.52 Å². The SMILES string of the molecule is Cc1cc(C)c(-n2ccn3nc(-c4cccnc4)cc23)cc1NC(=O)c1cc(C#N)cc(S(F)(F)(F)(F)F)c1. The van der Waals surface area contributed by atoms with Crippen molar-refractivity contribution >= 4 is 27.5 Å². The third-order valence-corrected chi connectivity index (χ3v) is 7.20. The number of carbonyl (C=O) groups excluding carboxylic acids is 1. The third kappa shape index (κ3) is 5.06. The number of rotatable bonds is 5. The van der Waals surface area contributed by atoms with Gasteiger partial charge in [-0.2, -0.15) is 10.4 Å². The molecule has 7 nitrogen and oxygen atoms in total. The highest BCUT2D eigenvalue weighted by atomic mass is 32.5. The van der Waals surface area contributed by atoms with Crippen molar-refractivity contribution in [2.75, 3.05) is 5.32 Å². The average molecular weight is 559 g/mol. The lowest BCUT2D eigenvalue weighted by Crippen LogP contribution is -2.15. The number of imidazole rings is 1. The van der Waals surface area contributed by atoms with Gasteiger partial charge >= 0.3 is 10.2 Å². The van der Waals surface area contributed by atoms with Crippen molar-refractivity contribution in [2.45, 2.75) is 18.7 Å². The number of aromatic nitrogens is 4. The van der Waals surface area contributed by atoms with Gasteiger partial charge < -0.3 is 5.32 Å². The number of anilines is 1. The second-order valence-electron chi connectivity index (χ2n) is 8.98. The first-order chi connectivity index (χ1) is 18.1. The van der Waals surface area contributed by atoms with Crippen LogP contribution < -0.4 is 5.32 Å². The first-order valence-electron chi connectivity index (χ1n) is 11.3. The molecule has 1 amide bonds. The number of aryl methyl sites for hydroxylation is 2. The molecule has 0 atom stereocenters. The zero-order valence-corrected chi connectivity index (χ0v) is 21.2. The summed E-state index contributed by atoms with van der Waals surface area (Å²) >= 11 is 0. The summed E-state index contributed by atoms with van der Waals surface area (Å²) in [4.78, 5) is 14.7. The van der Waals surface area contributed by atoms with Crippen LogP contribution in [0.1, 0.15) is 27.0 Å². The van der Waals surface area contributed by atoms with Gasteiger partial charge in [0.2, 0.25) is 0 Å². The second kappa shape index (κ2) is 8.15. The lowest BCUT2D eigenvalue weighted by Gasteiger charge is -2.40. The number of hydrogen-bond acceptors (Lipinski definition) is 4. The number of halogens is 5. The fourth-order valence-corrected chi connectivity index (χ4v) is 4.89. The van der Waals surface area contributed by atoms with Gasteiger partial charge in [-0.3, -0.25) is 14.3 Å². The van der Waals surface area contributed by atoms with Crippen LogP contribution in [0.3, 0.4) is 0 Å². The van der Waals surface area contributed by atoms with Crippen LogP contribution in [0.4, 0.5) is 25.1 Å². The number of carbonyl (C=O) groups is 1. The summed E-state index contributed by atoms with van der Waals surface area (Å²) in [5, 5.41) is 16.1. The summed E-state index contributed by atoms with van der Waals surface area (Å²) < 4.78 is 70.7. The molecule has 0 fully saturated rings. The maximum Gasteiger partial charge on any atom is 0.310 e. The number of nitrogens with zero attached hydrogens (tertiary/aromatic N) is 5. The fraction of sp³-hybridized carbons (Fsp3) is 0.0769. The minimum Gasteiger partial charge on any atom is -0.322 e. The van der Waals surface area contributed by atoms with Crippen LogP contribution in [0.15, 0.2) is 78.2 Å². The van der Waals surface area contributed by atoms with Crippen LogP contribution in [-0.4, -0.2) is 25.1 Å². The Balaban J connectivity index is 1.53. The second-order valence-corrected chi connectivity index (χ2v) is 11.4. The predicted molar refractivity (Wildman–Crippen MR) is 138 cm³/mol. The van der Waals surface area contributed by atoms with Gasteiger partial charge in [-0.15, -0.1) is 0 Å². The lowest BCUT2D eigenvalue weighted by atomic mass is 10.1. The number of pyridine rings is 1. The maximum atomic E-state index is 13.4. The van der Waals surface area contributed by atoms with E-state index in [0.717, 1.165) is 17.2 Å². The average Bonchev–Trinajstić information content (AvgIpc) is 3.46. The van der Waals surface area contributed by atoms with Crippen LogP contribution in [0.5, 0.6) is 0 Å². The van der Waals surface area contributed by atoms with Crippen LogP contribution in [0, 0.1) is 25.2 Å². The summed E-state index contributed by atoms with van der Waals surface area (Å²) in [6, 6.07) is 11.2. The van der Waals surface area contributed by atoms with Gasteiger partial charge in [0.25, 0.3) is 5.91 Å². The van der Waals surface area contributed by atoms with Gasteiger partial charge in [-0.05, 0) is 61.4 Å². The first kappa shape index (κ1) is 25.9. The molecule has 0 spiro atoms. The topological polar surface area (TPSA) is 88.0 Å². The third-order valence-electron chi connectivity index (χ3n) is 6.07. The van der Waals surface area contributed by atoms with Crippen molar-refractivity contribution < 1.29 is 24.2 Å². The molecular formula is C26H19F5N6OS. The molecule has 1 N–H and O–H groups in total. The molecule has 0 bridgehead atoms. The molecule has 0 saturated carbocycles. The van der Waals surface area contributed by atoms with Crippen molar-refractivity contribution in [3.63, 3.8) is 0 Å². The monoisotopic (exact) mass is 558 g/mol.